The molecule has 1 fully saturated rings. The van der Waals surface area contributed by atoms with Crippen molar-refractivity contribution in [2.24, 2.45) is 11.3 Å². The number of hydrogen-bond donors (Lipinski definition) is 1. The van der Waals surface area contributed by atoms with Crippen LogP contribution in [0.5, 0.6) is 0 Å². The summed E-state index contributed by atoms with van der Waals surface area (Å²) in [6.45, 7) is 7.59. The third-order valence-corrected chi connectivity index (χ3v) is 5.89. The number of nitrogens with zero attached hydrogens (tertiary/aromatic N) is 1. The van der Waals surface area contributed by atoms with Gasteiger partial charge in [-0.25, -0.2) is 4.79 Å². The fourth-order valence-electron chi connectivity index (χ4n) is 4.85. The standard InChI is InChI=1S/C24H31NO3/c1-23(2,3)21(25(4)22(26)27)24(19-13-9-6-10-14-19)15-20(24)17-28-16-18-11-7-5-8-12-18/h5-14,20-21H,15-17H2,1-4H3,(H,26,27)/t20?,21?,24-/m0/s1. The van der Waals surface area contributed by atoms with Crippen molar-refractivity contribution < 1.29 is 14.6 Å². The zero-order chi connectivity index (χ0) is 20.4. The molecule has 1 saturated carbocycles. The first-order valence-electron chi connectivity index (χ1n) is 9.90. The molecule has 0 bridgehead atoms. The van der Waals surface area contributed by atoms with Crippen LogP contribution in [0.1, 0.15) is 38.3 Å². The van der Waals surface area contributed by atoms with Crippen LogP contribution in [-0.2, 0) is 16.8 Å². The second-order valence-corrected chi connectivity index (χ2v) is 8.97. The number of benzene rings is 2. The second kappa shape index (κ2) is 7.96. The van der Waals surface area contributed by atoms with E-state index in [2.05, 4.69) is 45.0 Å². The van der Waals surface area contributed by atoms with Gasteiger partial charge < -0.3 is 14.7 Å². The molecule has 2 aromatic carbocycles. The van der Waals surface area contributed by atoms with Gasteiger partial charge in [0.1, 0.15) is 0 Å². The van der Waals surface area contributed by atoms with Crippen LogP contribution in [0, 0.1) is 11.3 Å². The van der Waals surface area contributed by atoms with Gasteiger partial charge in [0.15, 0.2) is 0 Å². The first kappa shape index (κ1) is 20.4. The minimum absolute atomic E-state index is 0.134. The van der Waals surface area contributed by atoms with Gasteiger partial charge in [0.05, 0.1) is 13.2 Å². The Kier molecular flexibility index (Phi) is 5.80. The number of carboxylic acid groups (broad SMARTS) is 1. The normalized spacial score (nSPS) is 22.5. The molecule has 1 aliphatic carbocycles. The maximum Gasteiger partial charge on any atom is 0.407 e. The van der Waals surface area contributed by atoms with Gasteiger partial charge in [-0.1, -0.05) is 81.4 Å². The van der Waals surface area contributed by atoms with Gasteiger partial charge in [-0.15, -0.1) is 0 Å². The Labute approximate surface area is 168 Å². The Balaban J connectivity index is 1.85. The van der Waals surface area contributed by atoms with Crippen LogP contribution >= 0.6 is 0 Å². The number of likely N-dealkylation sites (N-methyl/N-ethyl adjacent to an activating group) is 1. The van der Waals surface area contributed by atoms with Crippen LogP contribution in [-0.4, -0.2) is 35.8 Å². The van der Waals surface area contributed by atoms with E-state index < -0.39 is 6.09 Å². The summed E-state index contributed by atoms with van der Waals surface area (Å²) in [7, 11) is 1.70. The fraction of sp³-hybridized carbons (Fsp3) is 0.458. The van der Waals surface area contributed by atoms with E-state index in [0.717, 1.165) is 12.0 Å². The van der Waals surface area contributed by atoms with E-state index >= 15 is 0 Å². The Morgan fingerprint density at radius 2 is 1.71 bits per heavy atom. The molecule has 4 heteroatoms. The summed E-state index contributed by atoms with van der Waals surface area (Å²) in [5.41, 5.74) is 1.94. The summed E-state index contributed by atoms with van der Waals surface area (Å²) in [5, 5.41) is 9.76. The minimum atomic E-state index is -0.883. The highest BCUT2D eigenvalue weighted by Gasteiger charge is 2.64. The molecular weight excluding hydrogens is 350 g/mol. The van der Waals surface area contributed by atoms with Crippen molar-refractivity contribution >= 4 is 6.09 Å². The molecule has 0 heterocycles. The van der Waals surface area contributed by atoms with Gasteiger partial charge >= 0.3 is 6.09 Å². The van der Waals surface area contributed by atoms with Gasteiger partial charge in [0.2, 0.25) is 0 Å². The summed E-state index contributed by atoms with van der Waals surface area (Å²) >= 11 is 0. The molecule has 0 radical (unpaired) electrons. The van der Waals surface area contributed by atoms with E-state index in [0.29, 0.717) is 19.1 Å². The number of ether oxygens (including phenoxy) is 1. The molecule has 1 aliphatic rings. The second-order valence-electron chi connectivity index (χ2n) is 8.97. The van der Waals surface area contributed by atoms with Crippen molar-refractivity contribution in [3.8, 4) is 0 Å². The molecule has 0 saturated heterocycles. The van der Waals surface area contributed by atoms with Crippen LogP contribution in [0.25, 0.3) is 0 Å². The highest BCUT2D eigenvalue weighted by atomic mass is 16.5. The summed E-state index contributed by atoms with van der Waals surface area (Å²) in [5.74, 6) is 0.296. The van der Waals surface area contributed by atoms with Crippen LogP contribution < -0.4 is 0 Å². The highest BCUT2D eigenvalue weighted by molar-refractivity contribution is 5.66. The van der Waals surface area contributed by atoms with E-state index in [9.17, 15) is 9.90 Å². The van der Waals surface area contributed by atoms with E-state index in [1.165, 1.54) is 10.5 Å². The molecule has 0 aromatic heterocycles. The Bertz CT molecular complexity index is 785. The molecule has 150 valence electrons. The zero-order valence-corrected chi connectivity index (χ0v) is 17.3. The van der Waals surface area contributed by atoms with Crippen LogP contribution in [0.2, 0.25) is 0 Å². The SMILES string of the molecule is CN(C(=O)O)C(C(C)(C)C)[C@]1(c2ccccc2)CC1COCc1ccccc1. The molecule has 1 amide bonds. The number of rotatable bonds is 7. The summed E-state index contributed by atoms with van der Waals surface area (Å²) in [4.78, 5) is 13.4. The maximum absolute atomic E-state index is 11.9. The third-order valence-electron chi connectivity index (χ3n) is 5.89. The predicted molar refractivity (Wildman–Crippen MR) is 111 cm³/mol. The lowest BCUT2D eigenvalue weighted by Gasteiger charge is -2.43. The van der Waals surface area contributed by atoms with Crippen molar-refractivity contribution in [3.05, 3.63) is 71.8 Å². The van der Waals surface area contributed by atoms with Crippen molar-refractivity contribution in [2.45, 2.75) is 45.3 Å². The number of amides is 1. The van der Waals surface area contributed by atoms with E-state index in [1.54, 1.807) is 7.05 Å². The lowest BCUT2D eigenvalue weighted by atomic mass is 9.72. The van der Waals surface area contributed by atoms with Crippen LogP contribution in [0.4, 0.5) is 4.79 Å². The van der Waals surface area contributed by atoms with Crippen molar-refractivity contribution in [2.75, 3.05) is 13.7 Å². The predicted octanol–water partition coefficient (Wildman–Crippen LogP) is 5.19. The van der Waals surface area contributed by atoms with E-state index in [1.807, 2.05) is 36.4 Å². The monoisotopic (exact) mass is 381 g/mol. The molecule has 3 rings (SSSR count). The Hall–Kier alpha value is -2.33. The topological polar surface area (TPSA) is 49.8 Å². The van der Waals surface area contributed by atoms with E-state index in [4.69, 9.17) is 4.74 Å². The summed E-state index contributed by atoms with van der Waals surface area (Å²) in [6, 6.07) is 20.4. The van der Waals surface area contributed by atoms with Crippen molar-refractivity contribution in [1.82, 2.24) is 4.90 Å². The quantitative estimate of drug-likeness (QED) is 0.718. The van der Waals surface area contributed by atoms with Gasteiger partial charge in [0, 0.05) is 18.5 Å². The number of hydrogen-bond acceptors (Lipinski definition) is 2. The van der Waals surface area contributed by atoms with Crippen molar-refractivity contribution in [3.63, 3.8) is 0 Å². The van der Waals surface area contributed by atoms with Gasteiger partial charge in [-0.2, -0.15) is 0 Å². The van der Waals surface area contributed by atoms with Gasteiger partial charge in [-0.3, -0.25) is 0 Å². The first-order chi connectivity index (χ1) is 13.3. The largest absolute Gasteiger partial charge is 0.465 e. The summed E-state index contributed by atoms with van der Waals surface area (Å²) < 4.78 is 6.06. The smallest absolute Gasteiger partial charge is 0.407 e. The van der Waals surface area contributed by atoms with Crippen LogP contribution in [0.3, 0.4) is 0 Å². The number of carbonyl (C=O) groups is 1. The lowest BCUT2D eigenvalue weighted by molar-refractivity contribution is 0.0591. The molecule has 2 aromatic rings. The average Bonchev–Trinajstić information content (AvgIpc) is 3.36. The van der Waals surface area contributed by atoms with Crippen molar-refractivity contribution in [1.29, 1.82) is 0 Å². The van der Waals surface area contributed by atoms with Gasteiger partial charge in [-0.05, 0) is 28.9 Å². The lowest BCUT2D eigenvalue weighted by Crippen LogP contribution is -2.52. The maximum atomic E-state index is 11.9. The Morgan fingerprint density at radius 3 is 2.25 bits per heavy atom. The van der Waals surface area contributed by atoms with Crippen LogP contribution in [0.15, 0.2) is 60.7 Å². The third kappa shape index (κ3) is 4.07. The minimum Gasteiger partial charge on any atom is -0.465 e. The summed E-state index contributed by atoms with van der Waals surface area (Å²) in [6.07, 6.45) is 0.0526. The molecule has 3 atom stereocenters. The molecule has 1 N–H and O–H groups in total. The molecule has 0 aliphatic heterocycles. The molecule has 0 spiro atoms. The molecule has 4 nitrogen and oxygen atoms in total. The Morgan fingerprint density at radius 1 is 1.14 bits per heavy atom. The first-order valence-corrected chi connectivity index (χ1v) is 9.90. The molecule has 2 unspecified atom stereocenters. The molecular formula is C24H31NO3. The average molecular weight is 382 g/mol. The zero-order valence-electron chi connectivity index (χ0n) is 17.3. The fourth-order valence-corrected chi connectivity index (χ4v) is 4.85. The highest BCUT2D eigenvalue weighted by Crippen LogP contribution is 2.61. The molecule has 28 heavy (non-hydrogen) atoms. The van der Waals surface area contributed by atoms with E-state index in [-0.39, 0.29) is 16.9 Å². The van der Waals surface area contributed by atoms with Gasteiger partial charge in [0.25, 0.3) is 0 Å².